The zero-order chi connectivity index (χ0) is 11.7. The summed E-state index contributed by atoms with van der Waals surface area (Å²) in [4.78, 5) is 0. The third kappa shape index (κ3) is 2.11. The van der Waals surface area contributed by atoms with Crippen molar-refractivity contribution in [2.45, 2.75) is 0 Å². The van der Waals surface area contributed by atoms with Gasteiger partial charge in [-0.05, 0) is 35.4 Å². The summed E-state index contributed by atoms with van der Waals surface area (Å²) >= 11 is 3.25. The van der Waals surface area contributed by atoms with Crippen LogP contribution in [0.5, 0.6) is 0 Å². The Hall–Kier alpha value is -1.29. The van der Waals surface area contributed by atoms with Gasteiger partial charge in [0.15, 0.2) is 17.5 Å². The molecule has 0 bridgehead atoms. The van der Waals surface area contributed by atoms with Crippen molar-refractivity contribution in [3.8, 4) is 11.1 Å². The van der Waals surface area contributed by atoms with E-state index >= 15 is 0 Å². The predicted molar refractivity (Wildman–Crippen MR) is 59.5 cm³/mol. The number of rotatable bonds is 1. The van der Waals surface area contributed by atoms with Crippen molar-refractivity contribution in [1.29, 1.82) is 0 Å². The van der Waals surface area contributed by atoms with E-state index < -0.39 is 17.5 Å². The average molecular weight is 287 g/mol. The van der Waals surface area contributed by atoms with Gasteiger partial charge in [-0.25, -0.2) is 13.2 Å². The van der Waals surface area contributed by atoms with Crippen LogP contribution in [0.25, 0.3) is 11.1 Å². The second-order valence-corrected chi connectivity index (χ2v) is 4.18. The van der Waals surface area contributed by atoms with Crippen LogP contribution in [0, 0.1) is 17.5 Å². The lowest BCUT2D eigenvalue weighted by atomic mass is 10.1. The molecular weight excluding hydrogens is 281 g/mol. The van der Waals surface area contributed by atoms with E-state index in [9.17, 15) is 13.2 Å². The van der Waals surface area contributed by atoms with Crippen LogP contribution < -0.4 is 0 Å². The van der Waals surface area contributed by atoms with Gasteiger partial charge in [-0.2, -0.15) is 0 Å². The molecule has 0 unspecified atom stereocenters. The van der Waals surface area contributed by atoms with Crippen molar-refractivity contribution in [2.24, 2.45) is 0 Å². The summed E-state index contributed by atoms with van der Waals surface area (Å²) in [5, 5.41) is 0. The topological polar surface area (TPSA) is 0 Å². The molecule has 0 spiro atoms. The first-order chi connectivity index (χ1) is 7.58. The standard InChI is InChI=1S/C12H6BrF3/c13-9-3-1-2-7(4-9)8-5-10(14)12(16)11(15)6-8/h1-6H. The van der Waals surface area contributed by atoms with Gasteiger partial charge in [0.25, 0.3) is 0 Å². The first-order valence-corrected chi connectivity index (χ1v) is 5.27. The van der Waals surface area contributed by atoms with Gasteiger partial charge in [0.05, 0.1) is 0 Å². The fourth-order valence-corrected chi connectivity index (χ4v) is 1.79. The van der Waals surface area contributed by atoms with Gasteiger partial charge < -0.3 is 0 Å². The van der Waals surface area contributed by atoms with E-state index in [4.69, 9.17) is 0 Å². The monoisotopic (exact) mass is 286 g/mol. The maximum atomic E-state index is 13.0. The van der Waals surface area contributed by atoms with Crippen molar-refractivity contribution in [1.82, 2.24) is 0 Å². The Morgan fingerprint density at radius 2 is 1.44 bits per heavy atom. The molecule has 0 aliphatic heterocycles. The molecule has 2 aromatic rings. The third-order valence-corrected chi connectivity index (χ3v) is 2.64. The summed E-state index contributed by atoms with van der Waals surface area (Å²) in [5.41, 5.74) is 0.921. The molecule has 2 aromatic carbocycles. The Balaban J connectivity index is 2.57. The molecule has 82 valence electrons. The second kappa shape index (κ2) is 4.29. The first kappa shape index (κ1) is 11.2. The number of halogens is 4. The molecule has 0 aliphatic rings. The summed E-state index contributed by atoms with van der Waals surface area (Å²) in [6.07, 6.45) is 0. The molecule has 0 amide bonds. The van der Waals surface area contributed by atoms with Crippen molar-refractivity contribution in [3.63, 3.8) is 0 Å². The highest BCUT2D eigenvalue weighted by Crippen LogP contribution is 2.25. The van der Waals surface area contributed by atoms with Crippen LogP contribution in [0.4, 0.5) is 13.2 Å². The minimum atomic E-state index is -1.45. The van der Waals surface area contributed by atoms with Gasteiger partial charge in [-0.15, -0.1) is 0 Å². The molecule has 16 heavy (non-hydrogen) atoms. The fourth-order valence-electron chi connectivity index (χ4n) is 1.39. The van der Waals surface area contributed by atoms with E-state index in [1.165, 1.54) is 0 Å². The van der Waals surface area contributed by atoms with Gasteiger partial charge in [0.2, 0.25) is 0 Å². The van der Waals surface area contributed by atoms with Gasteiger partial charge in [0.1, 0.15) is 0 Å². The van der Waals surface area contributed by atoms with Crippen molar-refractivity contribution in [3.05, 3.63) is 58.3 Å². The van der Waals surface area contributed by atoms with E-state index in [-0.39, 0.29) is 0 Å². The summed E-state index contributed by atoms with van der Waals surface area (Å²) in [6, 6.07) is 8.86. The lowest BCUT2D eigenvalue weighted by Crippen LogP contribution is -1.91. The largest absolute Gasteiger partial charge is 0.204 e. The predicted octanol–water partition coefficient (Wildman–Crippen LogP) is 4.53. The van der Waals surface area contributed by atoms with Gasteiger partial charge >= 0.3 is 0 Å². The molecule has 0 radical (unpaired) electrons. The Morgan fingerprint density at radius 1 is 0.812 bits per heavy atom. The van der Waals surface area contributed by atoms with Crippen LogP contribution in [-0.2, 0) is 0 Å². The molecule has 0 nitrogen and oxygen atoms in total. The van der Waals surface area contributed by atoms with Crippen LogP contribution in [0.3, 0.4) is 0 Å². The summed E-state index contributed by atoms with van der Waals surface area (Å²) in [6.45, 7) is 0. The number of benzene rings is 2. The zero-order valence-corrected chi connectivity index (χ0v) is 9.56. The number of hydrogen-bond acceptors (Lipinski definition) is 0. The van der Waals surface area contributed by atoms with Gasteiger partial charge in [-0.3, -0.25) is 0 Å². The van der Waals surface area contributed by atoms with Crippen LogP contribution in [0.2, 0.25) is 0 Å². The highest BCUT2D eigenvalue weighted by Gasteiger charge is 2.11. The van der Waals surface area contributed by atoms with Crippen LogP contribution >= 0.6 is 15.9 Å². The molecule has 0 N–H and O–H groups in total. The van der Waals surface area contributed by atoms with E-state index in [2.05, 4.69) is 15.9 Å². The molecule has 0 fully saturated rings. The molecular formula is C12H6BrF3. The minimum absolute atomic E-state index is 0.303. The molecule has 0 atom stereocenters. The number of hydrogen-bond donors (Lipinski definition) is 0. The molecule has 0 heterocycles. The van der Waals surface area contributed by atoms with Crippen molar-refractivity contribution < 1.29 is 13.2 Å². The summed E-state index contributed by atoms with van der Waals surface area (Å²) < 4.78 is 39.5. The maximum Gasteiger partial charge on any atom is 0.194 e. The molecule has 0 saturated heterocycles. The molecule has 0 aliphatic carbocycles. The van der Waals surface area contributed by atoms with Crippen LogP contribution in [-0.4, -0.2) is 0 Å². The zero-order valence-electron chi connectivity index (χ0n) is 7.98. The van der Waals surface area contributed by atoms with Crippen molar-refractivity contribution >= 4 is 15.9 Å². The Labute approximate surface area is 98.9 Å². The summed E-state index contributed by atoms with van der Waals surface area (Å²) in [5.74, 6) is -3.82. The van der Waals surface area contributed by atoms with Crippen molar-refractivity contribution in [2.75, 3.05) is 0 Å². The molecule has 4 heteroatoms. The SMILES string of the molecule is Fc1cc(-c2cccc(Br)c2)cc(F)c1F. The van der Waals surface area contributed by atoms with Crippen LogP contribution in [0.1, 0.15) is 0 Å². The van der Waals surface area contributed by atoms with E-state index in [0.717, 1.165) is 16.6 Å². The average Bonchev–Trinajstić information content (AvgIpc) is 2.25. The van der Waals surface area contributed by atoms with Gasteiger partial charge in [0, 0.05) is 4.47 Å². The molecule has 0 aromatic heterocycles. The first-order valence-electron chi connectivity index (χ1n) is 4.48. The molecule has 2 rings (SSSR count). The third-order valence-electron chi connectivity index (χ3n) is 2.14. The van der Waals surface area contributed by atoms with Crippen LogP contribution in [0.15, 0.2) is 40.9 Å². The second-order valence-electron chi connectivity index (χ2n) is 3.26. The Kier molecular flexibility index (Phi) is 3.01. The highest BCUT2D eigenvalue weighted by molar-refractivity contribution is 9.10. The lowest BCUT2D eigenvalue weighted by molar-refractivity contribution is 0.448. The maximum absolute atomic E-state index is 13.0. The Morgan fingerprint density at radius 3 is 2.00 bits per heavy atom. The normalized spacial score (nSPS) is 10.5. The minimum Gasteiger partial charge on any atom is -0.204 e. The Bertz CT molecular complexity index is 515. The summed E-state index contributed by atoms with van der Waals surface area (Å²) in [7, 11) is 0. The smallest absolute Gasteiger partial charge is 0.194 e. The van der Waals surface area contributed by atoms with E-state index in [1.807, 2.05) is 0 Å². The van der Waals surface area contributed by atoms with E-state index in [1.54, 1.807) is 24.3 Å². The lowest BCUT2D eigenvalue weighted by Gasteiger charge is -2.04. The molecule has 0 saturated carbocycles. The van der Waals surface area contributed by atoms with E-state index in [0.29, 0.717) is 11.1 Å². The fraction of sp³-hybridized carbons (Fsp3) is 0. The quantitative estimate of drug-likeness (QED) is 0.676. The van der Waals surface area contributed by atoms with Gasteiger partial charge in [-0.1, -0.05) is 28.1 Å². The highest BCUT2D eigenvalue weighted by atomic mass is 79.9.